The lowest BCUT2D eigenvalue weighted by Gasteiger charge is -2.57. The fourth-order valence-electron chi connectivity index (χ4n) is 5.94. The predicted molar refractivity (Wildman–Crippen MR) is 66.1 cm³/mol. The number of rotatable bonds is 1. The van der Waals surface area contributed by atoms with Gasteiger partial charge in [-0.2, -0.15) is 0 Å². The molecule has 90 valence electrons. The topological polar surface area (TPSA) is 12.0 Å². The maximum atomic E-state index is 3.64. The van der Waals surface area contributed by atoms with Gasteiger partial charge in [0.25, 0.3) is 0 Å². The molecule has 5 aliphatic rings. The number of piperidine rings is 1. The van der Waals surface area contributed by atoms with Crippen molar-refractivity contribution in [1.29, 1.82) is 0 Å². The van der Waals surface area contributed by atoms with E-state index >= 15 is 0 Å². The van der Waals surface area contributed by atoms with Crippen LogP contribution in [0.2, 0.25) is 0 Å². The van der Waals surface area contributed by atoms with Crippen molar-refractivity contribution in [3.05, 3.63) is 0 Å². The van der Waals surface area contributed by atoms with E-state index in [1.807, 2.05) is 0 Å². The van der Waals surface area contributed by atoms with Crippen molar-refractivity contribution in [3.8, 4) is 0 Å². The number of nitrogens with one attached hydrogen (secondary N) is 1. The van der Waals surface area contributed by atoms with E-state index in [2.05, 4.69) is 5.32 Å². The third kappa shape index (κ3) is 1.47. The fourth-order valence-corrected chi connectivity index (χ4v) is 5.94. The largest absolute Gasteiger partial charge is 0.316 e. The van der Waals surface area contributed by atoms with E-state index in [-0.39, 0.29) is 0 Å². The Labute approximate surface area is 99.4 Å². The summed E-state index contributed by atoms with van der Waals surface area (Å²) in [6.45, 7) is 2.62. The highest BCUT2D eigenvalue weighted by Gasteiger charge is 2.50. The van der Waals surface area contributed by atoms with E-state index in [1.165, 1.54) is 25.9 Å². The molecule has 16 heavy (non-hydrogen) atoms. The molecular formula is C15H25N. The van der Waals surface area contributed by atoms with Gasteiger partial charge in [-0.25, -0.2) is 0 Å². The molecule has 1 N–H and O–H groups in total. The highest BCUT2D eigenvalue weighted by atomic mass is 14.9. The average molecular weight is 219 g/mol. The standard InChI is InChI=1S/C15H25N/c1-2-12(9-16-3-1)15-13-5-10-4-11(7-13)8-14(15)6-10/h10-16H,1-9H2. The molecule has 0 aromatic rings. The lowest BCUT2D eigenvalue weighted by atomic mass is 9.49. The molecule has 0 radical (unpaired) electrons. The van der Waals surface area contributed by atoms with Gasteiger partial charge in [-0.3, -0.25) is 0 Å². The molecule has 0 aromatic heterocycles. The zero-order valence-corrected chi connectivity index (χ0v) is 10.3. The molecular weight excluding hydrogens is 194 g/mol. The summed E-state index contributed by atoms with van der Waals surface area (Å²) in [6, 6.07) is 0. The van der Waals surface area contributed by atoms with E-state index in [0.29, 0.717) is 0 Å². The van der Waals surface area contributed by atoms with Crippen LogP contribution >= 0.6 is 0 Å². The molecule has 1 aliphatic heterocycles. The van der Waals surface area contributed by atoms with E-state index in [4.69, 9.17) is 0 Å². The SMILES string of the molecule is C1CNCC(C2C3CC4CC(C3)CC2C4)C1. The Morgan fingerprint density at radius 3 is 2.00 bits per heavy atom. The Kier molecular flexibility index (Phi) is 2.32. The van der Waals surface area contributed by atoms with Crippen molar-refractivity contribution >= 4 is 0 Å². The second kappa shape index (κ2) is 3.73. The van der Waals surface area contributed by atoms with Gasteiger partial charge in [0.1, 0.15) is 0 Å². The molecule has 4 aliphatic carbocycles. The highest BCUT2D eigenvalue weighted by Crippen LogP contribution is 2.58. The normalized spacial score (nSPS) is 55.5. The van der Waals surface area contributed by atoms with Crippen LogP contribution in [0.15, 0.2) is 0 Å². The van der Waals surface area contributed by atoms with Crippen molar-refractivity contribution < 1.29 is 0 Å². The minimum absolute atomic E-state index is 1.05. The van der Waals surface area contributed by atoms with E-state index in [1.54, 1.807) is 32.1 Å². The summed E-state index contributed by atoms with van der Waals surface area (Å²) in [5.41, 5.74) is 0. The lowest BCUT2D eigenvalue weighted by Crippen LogP contribution is -2.50. The van der Waals surface area contributed by atoms with Gasteiger partial charge in [-0.05, 0) is 93.5 Å². The molecule has 0 amide bonds. The minimum atomic E-state index is 1.05. The quantitative estimate of drug-likeness (QED) is 0.714. The number of hydrogen-bond acceptors (Lipinski definition) is 1. The van der Waals surface area contributed by atoms with Crippen molar-refractivity contribution in [2.75, 3.05) is 13.1 Å². The van der Waals surface area contributed by atoms with Gasteiger partial charge in [-0.15, -0.1) is 0 Å². The Morgan fingerprint density at radius 2 is 1.44 bits per heavy atom. The summed E-state index contributed by atoms with van der Waals surface area (Å²) in [4.78, 5) is 0. The van der Waals surface area contributed by atoms with Crippen LogP contribution in [0.5, 0.6) is 0 Å². The first-order valence-electron chi connectivity index (χ1n) is 7.61. The van der Waals surface area contributed by atoms with E-state index in [9.17, 15) is 0 Å². The minimum Gasteiger partial charge on any atom is -0.316 e. The van der Waals surface area contributed by atoms with Crippen LogP contribution in [0.1, 0.15) is 44.9 Å². The molecule has 4 bridgehead atoms. The lowest BCUT2D eigenvalue weighted by molar-refractivity contribution is -0.0652. The molecule has 4 saturated carbocycles. The molecule has 1 heterocycles. The number of hydrogen-bond donors (Lipinski definition) is 1. The van der Waals surface area contributed by atoms with Crippen LogP contribution in [0, 0.1) is 35.5 Å². The fraction of sp³-hybridized carbons (Fsp3) is 1.00. The second-order valence-electron chi connectivity index (χ2n) is 7.11. The van der Waals surface area contributed by atoms with Crippen molar-refractivity contribution in [2.45, 2.75) is 44.9 Å². The van der Waals surface area contributed by atoms with Crippen molar-refractivity contribution in [3.63, 3.8) is 0 Å². The first-order valence-corrected chi connectivity index (χ1v) is 7.61. The van der Waals surface area contributed by atoms with Gasteiger partial charge in [0, 0.05) is 0 Å². The molecule has 1 nitrogen and oxygen atoms in total. The van der Waals surface area contributed by atoms with Crippen LogP contribution in [0.3, 0.4) is 0 Å². The molecule has 1 atom stereocenters. The first kappa shape index (κ1) is 9.94. The van der Waals surface area contributed by atoms with Gasteiger partial charge in [0.05, 0.1) is 0 Å². The van der Waals surface area contributed by atoms with E-state index < -0.39 is 0 Å². The third-order valence-electron chi connectivity index (χ3n) is 6.18. The Bertz CT molecular complexity index is 236. The Balaban J connectivity index is 1.55. The second-order valence-corrected chi connectivity index (χ2v) is 7.11. The van der Waals surface area contributed by atoms with Gasteiger partial charge in [0.15, 0.2) is 0 Å². The van der Waals surface area contributed by atoms with Gasteiger partial charge in [-0.1, -0.05) is 0 Å². The van der Waals surface area contributed by atoms with Crippen molar-refractivity contribution in [1.82, 2.24) is 5.32 Å². The Morgan fingerprint density at radius 1 is 0.750 bits per heavy atom. The van der Waals surface area contributed by atoms with Crippen LogP contribution in [0.4, 0.5) is 0 Å². The predicted octanol–water partition coefficient (Wildman–Crippen LogP) is 3.06. The summed E-state index contributed by atoms with van der Waals surface area (Å²) in [7, 11) is 0. The van der Waals surface area contributed by atoms with Gasteiger partial charge < -0.3 is 5.32 Å². The maximum Gasteiger partial charge on any atom is -0.00177 e. The summed E-state index contributed by atoms with van der Waals surface area (Å²) >= 11 is 0. The molecule has 5 fully saturated rings. The van der Waals surface area contributed by atoms with Crippen LogP contribution in [-0.2, 0) is 0 Å². The van der Waals surface area contributed by atoms with Gasteiger partial charge >= 0.3 is 0 Å². The average Bonchev–Trinajstić information content (AvgIpc) is 2.29. The molecule has 5 rings (SSSR count). The molecule has 1 saturated heterocycles. The molecule has 0 spiro atoms. The van der Waals surface area contributed by atoms with Crippen LogP contribution in [-0.4, -0.2) is 13.1 Å². The zero-order valence-electron chi connectivity index (χ0n) is 10.3. The zero-order chi connectivity index (χ0) is 10.5. The summed E-state index contributed by atoms with van der Waals surface area (Å²) in [6.07, 6.45) is 11.0. The van der Waals surface area contributed by atoms with Crippen LogP contribution in [0.25, 0.3) is 0 Å². The molecule has 1 unspecified atom stereocenters. The summed E-state index contributed by atoms with van der Waals surface area (Å²) < 4.78 is 0. The Hall–Kier alpha value is -0.0400. The summed E-state index contributed by atoms with van der Waals surface area (Å²) in [5.74, 6) is 6.75. The van der Waals surface area contributed by atoms with Crippen LogP contribution < -0.4 is 5.32 Å². The molecule has 0 aromatic carbocycles. The third-order valence-corrected chi connectivity index (χ3v) is 6.18. The first-order chi connectivity index (χ1) is 7.90. The van der Waals surface area contributed by atoms with Gasteiger partial charge in [0.2, 0.25) is 0 Å². The van der Waals surface area contributed by atoms with Crippen molar-refractivity contribution in [2.24, 2.45) is 35.5 Å². The maximum absolute atomic E-state index is 3.64. The van der Waals surface area contributed by atoms with E-state index in [0.717, 1.165) is 35.5 Å². The molecule has 1 heteroatoms. The summed E-state index contributed by atoms with van der Waals surface area (Å²) in [5, 5.41) is 3.64. The monoisotopic (exact) mass is 219 g/mol. The highest BCUT2D eigenvalue weighted by molar-refractivity contribution is 5.00. The smallest absolute Gasteiger partial charge is 0.00177 e.